The van der Waals surface area contributed by atoms with Crippen LogP contribution in [-0.2, 0) is 9.59 Å². The average molecular weight is 457 g/mol. The molecule has 5 nitrogen and oxygen atoms in total. The highest BCUT2D eigenvalue weighted by atomic mass is 32.1. The molecule has 1 aliphatic heterocycles. The topological polar surface area (TPSA) is 58.6 Å². The summed E-state index contributed by atoms with van der Waals surface area (Å²) in [5.74, 6) is 0.367. The zero-order chi connectivity index (χ0) is 22.1. The fourth-order valence-electron chi connectivity index (χ4n) is 3.45. The monoisotopic (exact) mass is 456 g/mol. The molecule has 0 aliphatic carbocycles. The van der Waals surface area contributed by atoms with Crippen LogP contribution in [-0.4, -0.2) is 16.9 Å². The lowest BCUT2D eigenvalue weighted by Gasteiger charge is -2.29. The van der Waals surface area contributed by atoms with Crippen molar-refractivity contribution in [2.24, 2.45) is 0 Å². The minimum absolute atomic E-state index is 0.0340. The van der Waals surface area contributed by atoms with E-state index in [9.17, 15) is 9.59 Å². The second-order valence-electron chi connectivity index (χ2n) is 7.05. The first kappa shape index (κ1) is 20.1. The van der Waals surface area contributed by atoms with Crippen LogP contribution in [0.1, 0.15) is 5.56 Å². The van der Waals surface area contributed by atoms with Gasteiger partial charge in [-0.05, 0) is 77.1 Å². The highest BCUT2D eigenvalue weighted by Gasteiger charge is 2.34. The number of nitrogens with zero attached hydrogens (tertiary/aromatic N) is 1. The Balaban J connectivity index is 1.44. The van der Waals surface area contributed by atoms with Gasteiger partial charge in [-0.2, -0.15) is 0 Å². The van der Waals surface area contributed by atoms with Crippen LogP contribution >= 0.6 is 23.6 Å². The molecule has 2 amide bonds. The van der Waals surface area contributed by atoms with Gasteiger partial charge in [0.05, 0.1) is 5.69 Å². The summed E-state index contributed by atoms with van der Waals surface area (Å²) in [7, 11) is 0. The molecular formula is C25H16N2O3S2. The number of hydrogen-bond acceptors (Lipinski definition) is 5. The summed E-state index contributed by atoms with van der Waals surface area (Å²) in [6, 6.07) is 24.3. The fourth-order valence-corrected chi connectivity index (χ4v) is 4.65. The molecule has 0 unspecified atom stereocenters. The van der Waals surface area contributed by atoms with Gasteiger partial charge in [0.15, 0.2) is 5.11 Å². The van der Waals surface area contributed by atoms with Crippen molar-refractivity contribution in [1.82, 2.24) is 5.32 Å². The largest absolute Gasteiger partial charge is 0.457 e. The Kier molecular flexibility index (Phi) is 5.26. The first-order valence-electron chi connectivity index (χ1n) is 9.81. The molecule has 0 spiro atoms. The standard InChI is InChI=1S/C25H16N2O3S2/c28-23-21(14-16-15-32-22-9-5-4-8-20(16)22)24(29)27(25(31)26-23)17-10-12-19(13-11-17)30-18-6-2-1-3-7-18/h1-15H,(H,26,28,31)/b21-14+. The maximum Gasteiger partial charge on any atom is 0.270 e. The van der Waals surface area contributed by atoms with Crippen molar-refractivity contribution in [2.75, 3.05) is 4.90 Å². The van der Waals surface area contributed by atoms with Crippen molar-refractivity contribution in [3.8, 4) is 11.5 Å². The third-order valence-corrected chi connectivity index (χ3v) is 6.25. The number of carbonyl (C=O) groups excluding carboxylic acids is 2. The molecule has 7 heteroatoms. The minimum Gasteiger partial charge on any atom is -0.457 e. The molecule has 4 aromatic rings. The molecule has 5 rings (SSSR count). The highest BCUT2D eigenvalue weighted by molar-refractivity contribution is 7.80. The lowest BCUT2D eigenvalue weighted by atomic mass is 10.1. The van der Waals surface area contributed by atoms with E-state index in [0.717, 1.165) is 15.6 Å². The van der Waals surface area contributed by atoms with Crippen LogP contribution in [0.5, 0.6) is 11.5 Å². The van der Waals surface area contributed by atoms with Crippen LogP contribution in [0.25, 0.3) is 16.2 Å². The van der Waals surface area contributed by atoms with Crippen molar-refractivity contribution in [3.05, 3.63) is 95.4 Å². The number of benzene rings is 3. The summed E-state index contributed by atoms with van der Waals surface area (Å²) in [4.78, 5) is 27.2. The van der Waals surface area contributed by atoms with Crippen molar-refractivity contribution in [3.63, 3.8) is 0 Å². The fraction of sp³-hybridized carbons (Fsp3) is 0. The molecule has 1 N–H and O–H groups in total. The summed E-state index contributed by atoms with van der Waals surface area (Å²) in [6.45, 7) is 0. The number of thiophene rings is 1. The van der Waals surface area contributed by atoms with Crippen LogP contribution in [0, 0.1) is 0 Å². The first-order valence-corrected chi connectivity index (χ1v) is 11.1. The zero-order valence-corrected chi connectivity index (χ0v) is 18.3. The van der Waals surface area contributed by atoms with Crippen molar-refractivity contribution in [1.29, 1.82) is 0 Å². The van der Waals surface area contributed by atoms with Gasteiger partial charge in [-0.3, -0.25) is 19.8 Å². The Labute approximate surface area is 193 Å². The van der Waals surface area contributed by atoms with E-state index in [-0.39, 0.29) is 10.7 Å². The third kappa shape index (κ3) is 3.79. The molecule has 156 valence electrons. The molecule has 2 heterocycles. The van der Waals surface area contributed by atoms with Crippen LogP contribution in [0.3, 0.4) is 0 Å². The average Bonchev–Trinajstić information content (AvgIpc) is 3.21. The number of amides is 2. The second kappa shape index (κ2) is 8.37. The van der Waals surface area contributed by atoms with Gasteiger partial charge in [-0.1, -0.05) is 36.4 Å². The predicted molar refractivity (Wildman–Crippen MR) is 131 cm³/mol. The van der Waals surface area contributed by atoms with Gasteiger partial charge in [-0.15, -0.1) is 11.3 Å². The van der Waals surface area contributed by atoms with Crippen molar-refractivity contribution in [2.45, 2.75) is 0 Å². The number of hydrogen-bond donors (Lipinski definition) is 1. The van der Waals surface area contributed by atoms with Crippen molar-refractivity contribution < 1.29 is 14.3 Å². The number of rotatable bonds is 4. The second-order valence-corrected chi connectivity index (χ2v) is 8.35. The minimum atomic E-state index is -0.504. The molecule has 1 fully saturated rings. The number of thiocarbonyl (C=S) groups is 1. The van der Waals surface area contributed by atoms with E-state index < -0.39 is 11.8 Å². The lowest BCUT2D eigenvalue weighted by Crippen LogP contribution is -2.54. The molecule has 3 aromatic carbocycles. The maximum atomic E-state index is 13.3. The van der Waals surface area contributed by atoms with Crippen LogP contribution in [0.4, 0.5) is 5.69 Å². The number of nitrogens with one attached hydrogen (secondary N) is 1. The molecule has 1 aliphatic rings. The Hall–Kier alpha value is -3.81. The summed E-state index contributed by atoms with van der Waals surface area (Å²) in [5, 5.41) is 5.60. The van der Waals surface area contributed by atoms with E-state index in [2.05, 4.69) is 5.32 Å². The van der Waals surface area contributed by atoms with Gasteiger partial charge >= 0.3 is 0 Å². The number of para-hydroxylation sites is 1. The van der Waals surface area contributed by atoms with Gasteiger partial charge in [0.1, 0.15) is 17.1 Å². The third-order valence-electron chi connectivity index (χ3n) is 4.99. The first-order chi connectivity index (χ1) is 15.6. The molecule has 0 atom stereocenters. The lowest BCUT2D eigenvalue weighted by molar-refractivity contribution is -0.122. The van der Waals surface area contributed by atoms with E-state index in [1.54, 1.807) is 41.7 Å². The molecule has 32 heavy (non-hydrogen) atoms. The smallest absolute Gasteiger partial charge is 0.270 e. The number of ether oxygens (including phenoxy) is 1. The van der Waals surface area contributed by atoms with Crippen LogP contribution < -0.4 is 15.0 Å². The van der Waals surface area contributed by atoms with Crippen molar-refractivity contribution >= 4 is 62.3 Å². The van der Waals surface area contributed by atoms with E-state index in [1.807, 2.05) is 60.0 Å². The van der Waals surface area contributed by atoms with Crippen LogP contribution in [0.15, 0.2) is 89.8 Å². The maximum absolute atomic E-state index is 13.3. The van der Waals surface area contributed by atoms with Gasteiger partial charge < -0.3 is 4.74 Å². The Morgan fingerprint density at radius 1 is 0.875 bits per heavy atom. The van der Waals surface area contributed by atoms with Gasteiger partial charge in [-0.25, -0.2) is 0 Å². The van der Waals surface area contributed by atoms with E-state index in [1.165, 1.54) is 4.90 Å². The summed E-state index contributed by atoms with van der Waals surface area (Å²) in [5.41, 5.74) is 1.40. The molecule has 1 saturated heterocycles. The quantitative estimate of drug-likeness (QED) is 0.249. The summed E-state index contributed by atoms with van der Waals surface area (Å²) < 4.78 is 6.89. The predicted octanol–water partition coefficient (Wildman–Crippen LogP) is 5.52. The number of fused-ring (bicyclic) bond motifs is 1. The summed E-state index contributed by atoms with van der Waals surface area (Å²) in [6.07, 6.45) is 1.62. The van der Waals surface area contributed by atoms with Crippen LogP contribution in [0.2, 0.25) is 0 Å². The Morgan fingerprint density at radius 3 is 2.34 bits per heavy atom. The molecular weight excluding hydrogens is 440 g/mol. The van der Waals surface area contributed by atoms with Gasteiger partial charge in [0.2, 0.25) is 0 Å². The summed E-state index contributed by atoms with van der Waals surface area (Å²) >= 11 is 6.86. The molecule has 0 bridgehead atoms. The Morgan fingerprint density at radius 2 is 1.56 bits per heavy atom. The highest BCUT2D eigenvalue weighted by Crippen LogP contribution is 2.30. The van der Waals surface area contributed by atoms with Gasteiger partial charge in [0.25, 0.3) is 11.8 Å². The van der Waals surface area contributed by atoms with E-state index in [0.29, 0.717) is 17.2 Å². The van der Waals surface area contributed by atoms with E-state index in [4.69, 9.17) is 17.0 Å². The molecule has 0 saturated carbocycles. The molecule has 1 aromatic heterocycles. The number of carbonyl (C=O) groups is 2. The zero-order valence-electron chi connectivity index (χ0n) is 16.6. The number of anilines is 1. The normalized spacial score (nSPS) is 15.3. The molecule has 0 radical (unpaired) electrons. The van der Waals surface area contributed by atoms with E-state index >= 15 is 0 Å². The van der Waals surface area contributed by atoms with Gasteiger partial charge in [0, 0.05) is 4.70 Å². The Bertz CT molecular complexity index is 1380. The SMILES string of the molecule is O=C1NC(=S)N(c2ccc(Oc3ccccc3)cc2)C(=O)/C1=C/c1csc2ccccc12.